The molecule has 0 spiro atoms. The van der Waals surface area contributed by atoms with Gasteiger partial charge in [0.1, 0.15) is 11.5 Å². The maximum Gasteiger partial charge on any atom is 0.265 e. The smallest absolute Gasteiger partial charge is 0.265 e. The molecule has 2 heterocycles. The van der Waals surface area contributed by atoms with Gasteiger partial charge >= 0.3 is 0 Å². The van der Waals surface area contributed by atoms with Crippen molar-refractivity contribution in [3.05, 3.63) is 131 Å². The Morgan fingerprint density at radius 3 is 1.10 bits per heavy atom. The summed E-state index contributed by atoms with van der Waals surface area (Å²) in [5, 5.41) is 0. The molecule has 0 bridgehead atoms. The minimum Gasteiger partial charge on any atom is -0.497 e. The van der Waals surface area contributed by atoms with Crippen LogP contribution in [0, 0.1) is 13.8 Å². The third-order valence-corrected chi connectivity index (χ3v) is 7.32. The van der Waals surface area contributed by atoms with E-state index in [4.69, 9.17) is 9.47 Å². The van der Waals surface area contributed by atoms with Crippen LogP contribution in [0.4, 0.5) is 11.4 Å². The highest BCUT2D eigenvalue weighted by atomic mass is 16.5. The first-order chi connectivity index (χ1) is 19.4. The van der Waals surface area contributed by atoms with Crippen molar-refractivity contribution < 1.29 is 19.1 Å². The van der Waals surface area contributed by atoms with Crippen molar-refractivity contribution >= 4 is 34.3 Å². The first-order valence-corrected chi connectivity index (χ1v) is 13.0. The zero-order valence-electron chi connectivity index (χ0n) is 22.8. The highest BCUT2D eigenvalue weighted by Crippen LogP contribution is 2.50. The second kappa shape index (κ2) is 9.89. The summed E-state index contributed by atoms with van der Waals surface area (Å²) in [6.07, 6.45) is 0. The van der Waals surface area contributed by atoms with E-state index in [0.29, 0.717) is 56.5 Å². The fraction of sp³-hybridized carbons (Fsp3) is 0.118. The minimum absolute atomic E-state index is 0.199. The van der Waals surface area contributed by atoms with Crippen LogP contribution in [0.1, 0.15) is 22.3 Å². The number of rotatable bonds is 6. The largest absolute Gasteiger partial charge is 0.497 e. The summed E-state index contributed by atoms with van der Waals surface area (Å²) in [5.74, 6) is 0.967. The molecule has 0 fully saturated rings. The molecule has 4 aromatic rings. The van der Waals surface area contributed by atoms with Gasteiger partial charge in [-0.3, -0.25) is 19.4 Å². The van der Waals surface area contributed by atoms with Crippen LogP contribution in [0.5, 0.6) is 11.5 Å². The molecule has 0 N–H and O–H groups in total. The van der Waals surface area contributed by atoms with E-state index in [9.17, 15) is 9.59 Å². The highest BCUT2D eigenvalue weighted by molar-refractivity contribution is 6.43. The fourth-order valence-electron chi connectivity index (χ4n) is 5.22. The number of methoxy groups -OCH3 is 2. The molecule has 6 rings (SSSR count). The van der Waals surface area contributed by atoms with Gasteiger partial charge in [-0.05, 0) is 73.5 Å². The molecule has 0 radical (unpaired) electrons. The van der Waals surface area contributed by atoms with Gasteiger partial charge in [0.15, 0.2) is 0 Å². The summed E-state index contributed by atoms with van der Waals surface area (Å²) >= 11 is 0. The predicted molar refractivity (Wildman–Crippen MR) is 157 cm³/mol. The molecule has 6 nitrogen and oxygen atoms in total. The molecule has 2 aliphatic heterocycles. The Morgan fingerprint density at radius 1 is 0.475 bits per heavy atom. The van der Waals surface area contributed by atoms with Crippen LogP contribution in [0.15, 0.2) is 108 Å². The van der Waals surface area contributed by atoms with E-state index in [2.05, 4.69) is 0 Å². The quantitative estimate of drug-likeness (QED) is 0.285. The maximum absolute atomic E-state index is 14.4. The van der Waals surface area contributed by atoms with Crippen molar-refractivity contribution in [2.45, 2.75) is 13.8 Å². The third-order valence-electron chi connectivity index (χ3n) is 7.32. The van der Waals surface area contributed by atoms with Gasteiger partial charge in [-0.25, -0.2) is 0 Å². The molecular weight excluding hydrogens is 500 g/mol. The lowest BCUT2D eigenvalue weighted by molar-refractivity contribution is -0.112. The van der Waals surface area contributed by atoms with Crippen LogP contribution < -0.4 is 19.3 Å². The molecule has 40 heavy (non-hydrogen) atoms. The summed E-state index contributed by atoms with van der Waals surface area (Å²) in [5.41, 5.74) is 6.98. The Morgan fingerprint density at radius 2 is 0.800 bits per heavy atom. The van der Waals surface area contributed by atoms with E-state index in [1.807, 2.05) is 111 Å². The Labute approximate surface area is 233 Å². The van der Waals surface area contributed by atoms with Crippen LogP contribution in [0.3, 0.4) is 0 Å². The van der Waals surface area contributed by atoms with Crippen molar-refractivity contribution in [3.8, 4) is 11.5 Å². The molecule has 0 aromatic heterocycles. The fourth-order valence-corrected chi connectivity index (χ4v) is 5.22. The lowest BCUT2D eigenvalue weighted by atomic mass is 10.0. The number of amides is 2. The van der Waals surface area contributed by atoms with Crippen molar-refractivity contribution in [2.75, 3.05) is 24.0 Å². The average molecular weight is 529 g/mol. The second-order valence-corrected chi connectivity index (χ2v) is 9.86. The number of benzene rings is 4. The van der Waals surface area contributed by atoms with Crippen molar-refractivity contribution in [1.82, 2.24) is 0 Å². The first kappa shape index (κ1) is 25.2. The Kier molecular flexibility index (Phi) is 6.23. The Balaban J connectivity index is 1.66. The number of hydrogen-bond donors (Lipinski definition) is 0. The molecule has 0 aliphatic carbocycles. The Bertz CT molecular complexity index is 1550. The number of nitrogens with zero attached hydrogens (tertiary/aromatic N) is 2. The lowest BCUT2D eigenvalue weighted by Gasteiger charge is -2.20. The van der Waals surface area contributed by atoms with Gasteiger partial charge in [-0.2, -0.15) is 0 Å². The second-order valence-electron chi connectivity index (χ2n) is 9.86. The van der Waals surface area contributed by atoms with E-state index < -0.39 is 0 Å². The number of fused-ring (bicyclic) bond motifs is 1. The molecule has 0 atom stereocenters. The molecule has 0 saturated heterocycles. The van der Waals surface area contributed by atoms with Crippen molar-refractivity contribution in [3.63, 3.8) is 0 Å². The molecule has 6 heteroatoms. The molecule has 0 unspecified atom stereocenters. The van der Waals surface area contributed by atoms with E-state index in [1.54, 1.807) is 24.0 Å². The van der Waals surface area contributed by atoms with Gasteiger partial charge in [0, 0.05) is 11.4 Å². The zero-order chi connectivity index (χ0) is 28.0. The summed E-state index contributed by atoms with van der Waals surface area (Å²) < 4.78 is 10.7. The number of hydrogen-bond acceptors (Lipinski definition) is 4. The SMILES string of the molecule is COc1ccc(C2=C3C(=C(c4ccc(OC)cc4)C(=O)N3c3ccc(C)cc3)N(c3ccc(C)cc3)C2=O)cc1. The molecule has 2 amide bonds. The summed E-state index contributed by atoms with van der Waals surface area (Å²) in [6, 6.07) is 30.3. The first-order valence-electron chi connectivity index (χ1n) is 13.0. The van der Waals surface area contributed by atoms with Crippen LogP contribution >= 0.6 is 0 Å². The average Bonchev–Trinajstić information content (AvgIpc) is 3.43. The normalized spacial score (nSPS) is 14.8. The summed E-state index contributed by atoms with van der Waals surface area (Å²) in [6.45, 7) is 4.00. The molecular formula is C34H28N2O4. The third kappa shape index (κ3) is 4.05. The van der Waals surface area contributed by atoms with Gasteiger partial charge in [-0.1, -0.05) is 59.7 Å². The van der Waals surface area contributed by atoms with Crippen LogP contribution in [-0.2, 0) is 9.59 Å². The zero-order valence-corrected chi connectivity index (χ0v) is 22.8. The van der Waals surface area contributed by atoms with E-state index in [0.717, 1.165) is 11.1 Å². The number of carbonyl (C=O) groups is 2. The van der Waals surface area contributed by atoms with Gasteiger partial charge in [-0.15, -0.1) is 0 Å². The van der Waals surface area contributed by atoms with E-state index in [-0.39, 0.29) is 11.8 Å². The van der Waals surface area contributed by atoms with Crippen LogP contribution in [0.2, 0.25) is 0 Å². The van der Waals surface area contributed by atoms with Gasteiger partial charge < -0.3 is 9.47 Å². The Hall–Kier alpha value is -5.10. The van der Waals surface area contributed by atoms with Crippen LogP contribution in [0.25, 0.3) is 11.1 Å². The standard InChI is InChI=1S/C34H28N2O4/c1-21-5-13-25(14-6-21)35-31-29(23-9-17-27(39-3)18-10-23)34(38)36(26-15-7-22(2)8-16-26)32(31)30(33(35)37)24-11-19-28(40-4)20-12-24/h5-20H,1-4H3. The van der Waals surface area contributed by atoms with Crippen molar-refractivity contribution in [2.24, 2.45) is 0 Å². The van der Waals surface area contributed by atoms with Gasteiger partial charge in [0.2, 0.25) is 0 Å². The summed E-state index contributed by atoms with van der Waals surface area (Å²) in [7, 11) is 3.21. The van der Waals surface area contributed by atoms with Crippen molar-refractivity contribution in [1.29, 1.82) is 0 Å². The number of aryl methyl sites for hydroxylation is 2. The summed E-state index contributed by atoms with van der Waals surface area (Å²) in [4.78, 5) is 32.2. The topological polar surface area (TPSA) is 59.1 Å². The maximum atomic E-state index is 14.4. The number of carbonyl (C=O) groups excluding carboxylic acids is 2. The minimum atomic E-state index is -0.199. The van der Waals surface area contributed by atoms with Gasteiger partial charge in [0.25, 0.3) is 11.8 Å². The predicted octanol–water partition coefficient (Wildman–Crippen LogP) is 6.54. The molecule has 4 aromatic carbocycles. The molecule has 198 valence electrons. The van der Waals surface area contributed by atoms with E-state index >= 15 is 0 Å². The number of ether oxygens (including phenoxy) is 2. The highest BCUT2D eigenvalue weighted by Gasteiger charge is 2.49. The molecule has 2 aliphatic rings. The number of anilines is 2. The monoisotopic (exact) mass is 528 g/mol. The van der Waals surface area contributed by atoms with Gasteiger partial charge in [0.05, 0.1) is 36.8 Å². The molecule has 0 saturated carbocycles. The van der Waals surface area contributed by atoms with Crippen LogP contribution in [-0.4, -0.2) is 26.0 Å². The van der Waals surface area contributed by atoms with E-state index in [1.165, 1.54) is 0 Å². The lowest BCUT2D eigenvalue weighted by Crippen LogP contribution is -2.27.